The summed E-state index contributed by atoms with van der Waals surface area (Å²) < 4.78 is 0. The van der Waals surface area contributed by atoms with Gasteiger partial charge in [0.15, 0.2) is 0 Å². The van der Waals surface area contributed by atoms with Gasteiger partial charge in [-0.25, -0.2) is 0 Å². The van der Waals surface area contributed by atoms with Crippen molar-refractivity contribution in [2.24, 2.45) is 40.4 Å². The van der Waals surface area contributed by atoms with Crippen molar-refractivity contribution in [1.29, 1.82) is 0 Å². The highest BCUT2D eigenvalue weighted by Crippen LogP contribution is 2.67. The minimum Gasteiger partial charge on any atom is -0.393 e. The Hall–Kier alpha value is -0.380. The standard InChI is InChI=1S/C27H46O3/c1-17(7-6-12-25(2,3)30)20-8-9-21-24-22(11-14-27(20,21)5)26(4)13-10-19(28)15-18(26)16-23(24)29/h16-17,19-24,28-30H,6-15H2,1-5H3/t17?,19?,20?,21?,22?,23?,24?,26-,27+/m0/s1. The number of hydrogen-bond donors (Lipinski definition) is 3. The summed E-state index contributed by atoms with van der Waals surface area (Å²) in [7, 11) is 0. The van der Waals surface area contributed by atoms with Gasteiger partial charge in [0, 0.05) is 0 Å². The summed E-state index contributed by atoms with van der Waals surface area (Å²) in [4.78, 5) is 0. The second kappa shape index (κ2) is 7.89. The zero-order valence-electron chi connectivity index (χ0n) is 20.0. The number of rotatable bonds is 5. The van der Waals surface area contributed by atoms with Gasteiger partial charge in [0.25, 0.3) is 0 Å². The van der Waals surface area contributed by atoms with Crippen LogP contribution in [-0.4, -0.2) is 33.1 Å². The Morgan fingerprint density at radius 2 is 1.80 bits per heavy atom. The Labute approximate surface area is 184 Å². The summed E-state index contributed by atoms with van der Waals surface area (Å²) in [6.45, 7) is 11.2. The summed E-state index contributed by atoms with van der Waals surface area (Å²) in [5, 5.41) is 31.6. The molecule has 3 N–H and O–H groups in total. The molecule has 0 aliphatic heterocycles. The SMILES string of the molecule is CC(CCCC(C)(C)O)C1CCC2C3C(O)C=C4CC(O)CC[C@]4(C)C3CC[C@]12C. The predicted octanol–water partition coefficient (Wildman–Crippen LogP) is 5.47. The topological polar surface area (TPSA) is 60.7 Å². The maximum atomic E-state index is 11.3. The average molecular weight is 419 g/mol. The molecule has 9 atom stereocenters. The first kappa shape index (κ1) is 22.8. The maximum absolute atomic E-state index is 11.3. The molecule has 0 aromatic carbocycles. The number of aliphatic hydroxyl groups is 3. The fourth-order valence-electron chi connectivity index (χ4n) is 8.66. The molecule has 3 fully saturated rings. The Morgan fingerprint density at radius 3 is 2.50 bits per heavy atom. The molecule has 0 radical (unpaired) electrons. The van der Waals surface area contributed by atoms with Crippen LogP contribution in [0.3, 0.4) is 0 Å². The van der Waals surface area contributed by atoms with Crippen LogP contribution < -0.4 is 0 Å². The van der Waals surface area contributed by atoms with E-state index in [0.717, 1.165) is 38.0 Å². The van der Waals surface area contributed by atoms with Crippen LogP contribution in [-0.2, 0) is 0 Å². The fraction of sp³-hybridized carbons (Fsp3) is 0.926. The van der Waals surface area contributed by atoms with E-state index in [0.29, 0.717) is 29.1 Å². The summed E-state index contributed by atoms with van der Waals surface area (Å²) in [5.41, 5.74) is 1.31. The van der Waals surface area contributed by atoms with Crippen LogP contribution in [0.25, 0.3) is 0 Å². The Balaban J connectivity index is 1.52. The van der Waals surface area contributed by atoms with Crippen LogP contribution in [0.1, 0.15) is 98.8 Å². The van der Waals surface area contributed by atoms with E-state index in [2.05, 4.69) is 26.8 Å². The van der Waals surface area contributed by atoms with Crippen molar-refractivity contribution in [3.8, 4) is 0 Å². The molecule has 0 saturated heterocycles. The Kier molecular flexibility index (Phi) is 5.99. The summed E-state index contributed by atoms with van der Waals surface area (Å²) in [6.07, 6.45) is 12.6. The molecule has 3 heteroatoms. The zero-order valence-corrected chi connectivity index (χ0v) is 20.0. The molecule has 30 heavy (non-hydrogen) atoms. The van der Waals surface area contributed by atoms with Crippen LogP contribution in [0.2, 0.25) is 0 Å². The first-order valence-corrected chi connectivity index (χ1v) is 12.8. The van der Waals surface area contributed by atoms with E-state index in [1.165, 1.54) is 37.7 Å². The molecule has 0 bridgehead atoms. The molecule has 4 aliphatic carbocycles. The van der Waals surface area contributed by atoms with Gasteiger partial charge in [-0.05, 0) is 106 Å². The van der Waals surface area contributed by atoms with Gasteiger partial charge in [0.05, 0.1) is 17.8 Å². The average Bonchev–Trinajstić information content (AvgIpc) is 2.99. The van der Waals surface area contributed by atoms with Gasteiger partial charge in [-0.1, -0.05) is 45.3 Å². The van der Waals surface area contributed by atoms with Gasteiger partial charge >= 0.3 is 0 Å². The Bertz CT molecular complexity index is 664. The number of aliphatic hydroxyl groups excluding tert-OH is 2. The largest absolute Gasteiger partial charge is 0.393 e. The molecule has 7 unspecified atom stereocenters. The van der Waals surface area contributed by atoms with Crippen LogP contribution in [0, 0.1) is 40.4 Å². The first-order chi connectivity index (χ1) is 14.0. The van der Waals surface area contributed by atoms with Gasteiger partial charge in [0.2, 0.25) is 0 Å². The second-order valence-corrected chi connectivity index (χ2v) is 12.7. The van der Waals surface area contributed by atoms with Gasteiger partial charge in [-0.3, -0.25) is 0 Å². The highest BCUT2D eigenvalue weighted by atomic mass is 16.3. The minimum absolute atomic E-state index is 0.181. The van der Waals surface area contributed by atoms with Crippen molar-refractivity contribution < 1.29 is 15.3 Å². The normalized spacial score (nSPS) is 47.1. The lowest BCUT2D eigenvalue weighted by Crippen LogP contribution is -2.54. The zero-order chi connectivity index (χ0) is 21.9. The van der Waals surface area contributed by atoms with Crippen LogP contribution in [0.5, 0.6) is 0 Å². The van der Waals surface area contributed by atoms with Crippen molar-refractivity contribution in [1.82, 2.24) is 0 Å². The van der Waals surface area contributed by atoms with Crippen molar-refractivity contribution in [2.45, 2.75) is 117 Å². The van der Waals surface area contributed by atoms with Crippen molar-refractivity contribution in [3.05, 3.63) is 11.6 Å². The second-order valence-electron chi connectivity index (χ2n) is 12.7. The molecular formula is C27H46O3. The van der Waals surface area contributed by atoms with Crippen LogP contribution in [0.15, 0.2) is 11.6 Å². The van der Waals surface area contributed by atoms with E-state index in [1.807, 2.05) is 13.8 Å². The minimum atomic E-state index is -0.556. The first-order valence-electron chi connectivity index (χ1n) is 12.8. The lowest BCUT2D eigenvalue weighted by molar-refractivity contribution is -0.0971. The lowest BCUT2D eigenvalue weighted by atomic mass is 9.46. The molecule has 4 aliphatic rings. The van der Waals surface area contributed by atoms with Crippen molar-refractivity contribution >= 4 is 0 Å². The summed E-state index contributed by atoms with van der Waals surface area (Å²) >= 11 is 0. The number of hydrogen-bond acceptors (Lipinski definition) is 3. The van der Waals surface area contributed by atoms with Gasteiger partial charge < -0.3 is 15.3 Å². The summed E-state index contributed by atoms with van der Waals surface area (Å²) in [6, 6.07) is 0. The quantitative estimate of drug-likeness (QED) is 0.519. The van der Waals surface area contributed by atoms with E-state index in [9.17, 15) is 15.3 Å². The van der Waals surface area contributed by atoms with Gasteiger partial charge in [0.1, 0.15) is 0 Å². The third-order valence-corrected chi connectivity index (χ3v) is 10.3. The molecule has 0 spiro atoms. The highest BCUT2D eigenvalue weighted by molar-refractivity contribution is 5.27. The van der Waals surface area contributed by atoms with Crippen molar-refractivity contribution in [2.75, 3.05) is 0 Å². The van der Waals surface area contributed by atoms with Crippen molar-refractivity contribution in [3.63, 3.8) is 0 Å². The third-order valence-electron chi connectivity index (χ3n) is 10.3. The third kappa shape index (κ3) is 3.82. The van der Waals surface area contributed by atoms with Crippen LogP contribution >= 0.6 is 0 Å². The maximum Gasteiger partial charge on any atom is 0.0757 e. The molecule has 0 aromatic heterocycles. The molecule has 0 heterocycles. The molecule has 172 valence electrons. The van der Waals surface area contributed by atoms with E-state index >= 15 is 0 Å². The monoisotopic (exact) mass is 418 g/mol. The van der Waals surface area contributed by atoms with Gasteiger partial charge in [-0.15, -0.1) is 0 Å². The van der Waals surface area contributed by atoms with Gasteiger partial charge in [-0.2, -0.15) is 0 Å². The number of fused-ring (bicyclic) bond motifs is 5. The molecule has 0 amide bonds. The molecular weight excluding hydrogens is 372 g/mol. The van der Waals surface area contributed by atoms with E-state index in [-0.39, 0.29) is 17.6 Å². The van der Waals surface area contributed by atoms with E-state index in [4.69, 9.17) is 0 Å². The molecule has 3 saturated carbocycles. The predicted molar refractivity (Wildman–Crippen MR) is 122 cm³/mol. The highest BCUT2D eigenvalue weighted by Gasteiger charge is 2.61. The Morgan fingerprint density at radius 1 is 1.07 bits per heavy atom. The summed E-state index contributed by atoms with van der Waals surface area (Å²) in [5.74, 6) is 3.01. The molecule has 3 nitrogen and oxygen atoms in total. The molecule has 4 rings (SSSR count). The fourth-order valence-corrected chi connectivity index (χ4v) is 8.66. The van der Waals surface area contributed by atoms with E-state index < -0.39 is 5.60 Å². The smallest absolute Gasteiger partial charge is 0.0757 e. The van der Waals surface area contributed by atoms with Crippen LogP contribution in [0.4, 0.5) is 0 Å². The molecule has 0 aromatic rings. The lowest BCUT2D eigenvalue weighted by Gasteiger charge is -2.59. The van der Waals surface area contributed by atoms with E-state index in [1.54, 1.807) is 0 Å².